The van der Waals surface area contributed by atoms with Crippen molar-refractivity contribution >= 4 is 33.3 Å². The van der Waals surface area contributed by atoms with Crippen LogP contribution in [-0.2, 0) is 0 Å². The number of nitrogens with one attached hydrogen (secondary N) is 1. The Morgan fingerprint density at radius 1 is 0.955 bits per heavy atom. The number of hydrogen-bond acceptors (Lipinski definition) is 3. The molecule has 106 valence electrons. The summed E-state index contributed by atoms with van der Waals surface area (Å²) in [6.07, 6.45) is 3.18. The van der Waals surface area contributed by atoms with E-state index in [0.717, 1.165) is 27.4 Å². The number of rotatable bonds is 2. The van der Waals surface area contributed by atoms with Gasteiger partial charge in [-0.1, -0.05) is 36.4 Å². The molecule has 0 aliphatic carbocycles. The van der Waals surface area contributed by atoms with E-state index < -0.39 is 0 Å². The normalized spacial score (nSPS) is 10.9. The van der Waals surface area contributed by atoms with E-state index in [-0.39, 0.29) is 11.7 Å². The molecule has 0 bridgehead atoms. The van der Waals surface area contributed by atoms with Crippen LogP contribution in [0.3, 0.4) is 0 Å². The van der Waals surface area contributed by atoms with Crippen molar-refractivity contribution in [3.8, 4) is 0 Å². The van der Waals surface area contributed by atoms with Crippen molar-refractivity contribution < 1.29 is 9.21 Å². The monoisotopic (exact) mass is 288 g/mol. The van der Waals surface area contributed by atoms with Crippen LogP contribution in [0.25, 0.3) is 21.7 Å². The second-order valence-corrected chi connectivity index (χ2v) is 4.97. The lowest BCUT2D eigenvalue weighted by molar-refractivity contribution is 0.0997. The number of carbonyl (C=O) groups is 1. The van der Waals surface area contributed by atoms with E-state index in [9.17, 15) is 4.79 Å². The van der Waals surface area contributed by atoms with Crippen LogP contribution in [0.5, 0.6) is 0 Å². The molecule has 0 aliphatic heterocycles. The van der Waals surface area contributed by atoms with E-state index in [1.807, 2.05) is 36.4 Å². The van der Waals surface area contributed by atoms with Gasteiger partial charge in [0.15, 0.2) is 5.76 Å². The zero-order valence-corrected chi connectivity index (χ0v) is 11.6. The van der Waals surface area contributed by atoms with Gasteiger partial charge >= 0.3 is 0 Å². The maximum Gasteiger partial charge on any atom is 0.291 e. The summed E-state index contributed by atoms with van der Waals surface area (Å²) in [5.41, 5.74) is 1.59. The van der Waals surface area contributed by atoms with Gasteiger partial charge in [-0.05, 0) is 23.6 Å². The molecule has 0 atom stereocenters. The number of furan rings is 1. The second kappa shape index (κ2) is 5.00. The molecule has 0 radical (unpaired) electrons. The minimum absolute atomic E-state index is 0.273. The van der Waals surface area contributed by atoms with E-state index in [2.05, 4.69) is 10.3 Å². The Morgan fingerprint density at radius 3 is 2.73 bits per heavy atom. The molecule has 2 aromatic carbocycles. The standard InChI is InChI=1S/C18H12N2O2/c21-18(16-6-3-11-22-16)20-15-9-10-19-17-13-5-2-1-4-12(13)7-8-14(15)17/h1-11H,(H,19,20,21). The minimum Gasteiger partial charge on any atom is -0.459 e. The van der Waals surface area contributed by atoms with Crippen LogP contribution in [0.4, 0.5) is 5.69 Å². The summed E-state index contributed by atoms with van der Waals surface area (Å²) in [4.78, 5) is 16.6. The number of hydrogen-bond donors (Lipinski definition) is 1. The van der Waals surface area contributed by atoms with Crippen LogP contribution < -0.4 is 5.32 Å². The molecule has 0 aliphatic rings. The lowest BCUT2D eigenvalue weighted by atomic mass is 10.1. The molecule has 1 N–H and O–H groups in total. The first kappa shape index (κ1) is 12.6. The van der Waals surface area contributed by atoms with Gasteiger partial charge in [0.25, 0.3) is 5.91 Å². The van der Waals surface area contributed by atoms with Crippen molar-refractivity contribution in [3.05, 3.63) is 72.8 Å². The molecule has 0 unspecified atom stereocenters. The first-order chi connectivity index (χ1) is 10.8. The largest absolute Gasteiger partial charge is 0.459 e. The molecular formula is C18H12N2O2. The Morgan fingerprint density at radius 2 is 1.86 bits per heavy atom. The smallest absolute Gasteiger partial charge is 0.291 e. The first-order valence-corrected chi connectivity index (χ1v) is 6.94. The van der Waals surface area contributed by atoms with Gasteiger partial charge in [-0.3, -0.25) is 9.78 Å². The van der Waals surface area contributed by atoms with Crippen molar-refractivity contribution in [1.82, 2.24) is 4.98 Å². The molecule has 0 fully saturated rings. The highest BCUT2D eigenvalue weighted by Gasteiger charge is 2.12. The predicted molar refractivity (Wildman–Crippen MR) is 85.9 cm³/mol. The molecule has 0 spiro atoms. The number of anilines is 1. The molecule has 22 heavy (non-hydrogen) atoms. The zero-order valence-electron chi connectivity index (χ0n) is 11.6. The molecule has 4 aromatic rings. The Labute approximate surface area is 126 Å². The SMILES string of the molecule is O=C(Nc1ccnc2c1ccc1ccccc12)c1ccco1. The molecule has 4 heteroatoms. The van der Waals surface area contributed by atoms with Gasteiger partial charge in [0.2, 0.25) is 0 Å². The van der Waals surface area contributed by atoms with Crippen LogP contribution in [0, 0.1) is 0 Å². The number of pyridine rings is 1. The van der Waals surface area contributed by atoms with Crippen molar-refractivity contribution in [2.45, 2.75) is 0 Å². The summed E-state index contributed by atoms with van der Waals surface area (Å²) in [6.45, 7) is 0. The number of nitrogens with zero attached hydrogens (tertiary/aromatic N) is 1. The first-order valence-electron chi connectivity index (χ1n) is 6.94. The van der Waals surface area contributed by atoms with Crippen molar-refractivity contribution in [2.24, 2.45) is 0 Å². The summed E-state index contributed by atoms with van der Waals surface area (Å²) in [6, 6.07) is 17.2. The van der Waals surface area contributed by atoms with E-state index in [1.54, 1.807) is 24.4 Å². The van der Waals surface area contributed by atoms with Crippen LogP contribution in [0.1, 0.15) is 10.6 Å². The van der Waals surface area contributed by atoms with E-state index in [1.165, 1.54) is 6.26 Å². The Hall–Kier alpha value is -3.14. The fourth-order valence-corrected chi connectivity index (χ4v) is 2.59. The van der Waals surface area contributed by atoms with Crippen LogP contribution in [0.15, 0.2) is 71.5 Å². The van der Waals surface area contributed by atoms with E-state index >= 15 is 0 Å². The van der Waals surface area contributed by atoms with Crippen LogP contribution >= 0.6 is 0 Å². The number of amides is 1. The molecule has 1 amide bonds. The van der Waals surface area contributed by atoms with Crippen LogP contribution in [0.2, 0.25) is 0 Å². The van der Waals surface area contributed by atoms with Gasteiger partial charge in [-0.2, -0.15) is 0 Å². The zero-order chi connectivity index (χ0) is 14.9. The third-order valence-corrected chi connectivity index (χ3v) is 3.63. The molecule has 0 saturated heterocycles. The van der Waals surface area contributed by atoms with Crippen LogP contribution in [-0.4, -0.2) is 10.9 Å². The molecular weight excluding hydrogens is 276 g/mol. The fraction of sp³-hybridized carbons (Fsp3) is 0. The Balaban J connectivity index is 1.85. The Kier molecular flexibility index (Phi) is 2.86. The highest BCUT2D eigenvalue weighted by molar-refractivity contribution is 6.13. The molecule has 0 saturated carbocycles. The Bertz CT molecular complexity index is 975. The van der Waals surface area contributed by atoms with Crippen molar-refractivity contribution in [1.29, 1.82) is 0 Å². The molecule has 4 nitrogen and oxygen atoms in total. The number of fused-ring (bicyclic) bond motifs is 3. The van der Waals surface area contributed by atoms with Gasteiger partial charge in [0, 0.05) is 17.0 Å². The van der Waals surface area contributed by atoms with Gasteiger partial charge in [-0.15, -0.1) is 0 Å². The lowest BCUT2D eigenvalue weighted by Gasteiger charge is -2.09. The van der Waals surface area contributed by atoms with Crippen molar-refractivity contribution in [3.63, 3.8) is 0 Å². The van der Waals surface area contributed by atoms with E-state index in [4.69, 9.17) is 4.42 Å². The van der Waals surface area contributed by atoms with Crippen molar-refractivity contribution in [2.75, 3.05) is 5.32 Å². The summed E-state index contributed by atoms with van der Waals surface area (Å²) < 4.78 is 5.12. The quantitative estimate of drug-likeness (QED) is 0.561. The lowest BCUT2D eigenvalue weighted by Crippen LogP contribution is -2.11. The maximum atomic E-state index is 12.2. The fourth-order valence-electron chi connectivity index (χ4n) is 2.59. The summed E-state index contributed by atoms with van der Waals surface area (Å²) >= 11 is 0. The second-order valence-electron chi connectivity index (χ2n) is 4.97. The molecule has 4 rings (SSSR count). The molecule has 2 heterocycles. The summed E-state index contributed by atoms with van der Waals surface area (Å²) in [5.74, 6) is 0.0106. The predicted octanol–water partition coefficient (Wildman–Crippen LogP) is 4.23. The maximum absolute atomic E-state index is 12.2. The molecule has 2 aromatic heterocycles. The highest BCUT2D eigenvalue weighted by atomic mass is 16.3. The summed E-state index contributed by atoms with van der Waals surface area (Å²) in [5, 5.41) is 5.97. The average molecular weight is 288 g/mol. The van der Waals surface area contributed by atoms with Gasteiger partial charge in [0.1, 0.15) is 0 Å². The van der Waals surface area contributed by atoms with Gasteiger partial charge in [0.05, 0.1) is 17.5 Å². The third-order valence-electron chi connectivity index (χ3n) is 3.63. The van der Waals surface area contributed by atoms with Gasteiger partial charge in [-0.25, -0.2) is 0 Å². The number of carbonyl (C=O) groups excluding carboxylic acids is 1. The highest BCUT2D eigenvalue weighted by Crippen LogP contribution is 2.28. The number of aromatic nitrogens is 1. The van der Waals surface area contributed by atoms with E-state index in [0.29, 0.717) is 0 Å². The summed E-state index contributed by atoms with van der Waals surface area (Å²) in [7, 11) is 0. The number of benzene rings is 2. The van der Waals surface area contributed by atoms with Gasteiger partial charge < -0.3 is 9.73 Å². The third kappa shape index (κ3) is 2.02. The minimum atomic E-state index is -0.273. The average Bonchev–Trinajstić information content (AvgIpc) is 3.09. The topological polar surface area (TPSA) is 55.1 Å².